The molecule has 2 rings (SSSR count). The fraction of sp³-hybridized carbons (Fsp3) is 0.538. The highest BCUT2D eigenvalue weighted by molar-refractivity contribution is 6.32. The predicted molar refractivity (Wildman–Crippen MR) is 73.4 cm³/mol. The second-order valence-electron chi connectivity index (χ2n) is 4.56. The van der Waals surface area contributed by atoms with Gasteiger partial charge in [0.1, 0.15) is 11.0 Å². The Hall–Kier alpha value is -1.24. The molecule has 0 saturated carbocycles. The number of nitrogens with one attached hydrogen (secondary N) is 1. The summed E-state index contributed by atoms with van der Waals surface area (Å²) in [5, 5.41) is 2.73. The normalized spacial score (nSPS) is 16.1. The molecular weight excluding hydrogens is 285 g/mol. The van der Waals surface area contributed by atoms with Gasteiger partial charge in [-0.1, -0.05) is 11.6 Å². The smallest absolute Gasteiger partial charge is 0.254 e. The SMILES string of the molecule is O=C(NCCCN1CCOCC1)c1cc(F)cnc1Cl. The number of carbonyl (C=O) groups is 1. The number of amides is 1. The molecule has 1 saturated heterocycles. The van der Waals surface area contributed by atoms with Gasteiger partial charge in [0.25, 0.3) is 5.91 Å². The van der Waals surface area contributed by atoms with Crippen LogP contribution in [0, 0.1) is 5.82 Å². The van der Waals surface area contributed by atoms with Gasteiger partial charge in [-0.2, -0.15) is 0 Å². The van der Waals surface area contributed by atoms with Crippen molar-refractivity contribution in [2.45, 2.75) is 6.42 Å². The number of aromatic nitrogens is 1. The maximum atomic E-state index is 13.0. The minimum absolute atomic E-state index is 0.0112. The zero-order valence-corrected chi connectivity index (χ0v) is 11.8. The largest absolute Gasteiger partial charge is 0.379 e. The number of rotatable bonds is 5. The molecule has 0 radical (unpaired) electrons. The molecule has 0 unspecified atom stereocenters. The van der Waals surface area contributed by atoms with Gasteiger partial charge in [0.2, 0.25) is 0 Å². The summed E-state index contributed by atoms with van der Waals surface area (Å²) in [5.74, 6) is -0.975. The van der Waals surface area contributed by atoms with Crippen LogP contribution in [0.5, 0.6) is 0 Å². The van der Waals surface area contributed by atoms with E-state index in [1.165, 1.54) is 0 Å². The van der Waals surface area contributed by atoms with E-state index in [1.807, 2.05) is 0 Å². The summed E-state index contributed by atoms with van der Waals surface area (Å²) in [7, 11) is 0. The van der Waals surface area contributed by atoms with Gasteiger partial charge in [-0.05, 0) is 19.0 Å². The number of hydrogen-bond donors (Lipinski definition) is 1. The first-order chi connectivity index (χ1) is 9.66. The Kier molecular flexibility index (Phi) is 5.70. The molecule has 2 heterocycles. The number of carbonyl (C=O) groups excluding carboxylic acids is 1. The molecule has 1 aliphatic rings. The molecule has 1 amide bonds. The molecule has 1 fully saturated rings. The van der Waals surface area contributed by atoms with E-state index in [2.05, 4.69) is 15.2 Å². The van der Waals surface area contributed by atoms with Gasteiger partial charge in [0.05, 0.1) is 25.0 Å². The number of pyridine rings is 1. The Labute approximate surface area is 122 Å². The highest BCUT2D eigenvalue weighted by atomic mass is 35.5. The molecule has 1 aromatic heterocycles. The Morgan fingerprint density at radius 3 is 3.00 bits per heavy atom. The average Bonchev–Trinajstić information content (AvgIpc) is 2.47. The fourth-order valence-corrected chi connectivity index (χ4v) is 2.20. The zero-order chi connectivity index (χ0) is 14.4. The van der Waals surface area contributed by atoms with Crippen LogP contribution < -0.4 is 5.32 Å². The van der Waals surface area contributed by atoms with Crippen LogP contribution in [-0.2, 0) is 4.74 Å². The van der Waals surface area contributed by atoms with Gasteiger partial charge in [-0.3, -0.25) is 9.69 Å². The number of nitrogens with zero attached hydrogens (tertiary/aromatic N) is 2. The van der Waals surface area contributed by atoms with Crippen LogP contribution in [0.15, 0.2) is 12.3 Å². The topological polar surface area (TPSA) is 54.5 Å². The van der Waals surface area contributed by atoms with Gasteiger partial charge in [0, 0.05) is 19.6 Å². The number of morpholine rings is 1. The summed E-state index contributed by atoms with van der Waals surface area (Å²) >= 11 is 5.76. The minimum atomic E-state index is -0.576. The lowest BCUT2D eigenvalue weighted by Gasteiger charge is -2.26. The van der Waals surface area contributed by atoms with E-state index in [1.54, 1.807) is 0 Å². The standard InChI is InChI=1S/C13H17ClFN3O2/c14-12-11(8-10(15)9-17-12)13(19)16-2-1-3-18-4-6-20-7-5-18/h8-9H,1-7H2,(H,16,19). The Balaban J connectivity index is 1.73. The zero-order valence-electron chi connectivity index (χ0n) is 11.1. The first-order valence-electron chi connectivity index (χ1n) is 6.56. The molecule has 5 nitrogen and oxygen atoms in total. The quantitative estimate of drug-likeness (QED) is 0.658. The van der Waals surface area contributed by atoms with Crippen molar-refractivity contribution < 1.29 is 13.9 Å². The van der Waals surface area contributed by atoms with Gasteiger partial charge < -0.3 is 10.1 Å². The van der Waals surface area contributed by atoms with E-state index in [0.29, 0.717) is 6.54 Å². The number of hydrogen-bond acceptors (Lipinski definition) is 4. The predicted octanol–water partition coefficient (Wildman–Crippen LogP) is 1.33. The van der Waals surface area contributed by atoms with Crippen molar-refractivity contribution >= 4 is 17.5 Å². The molecule has 0 aromatic carbocycles. The molecule has 0 spiro atoms. The van der Waals surface area contributed by atoms with E-state index in [-0.39, 0.29) is 10.7 Å². The first kappa shape index (κ1) is 15.2. The van der Waals surface area contributed by atoms with Crippen molar-refractivity contribution in [1.29, 1.82) is 0 Å². The molecule has 1 N–H and O–H groups in total. The number of halogens is 2. The first-order valence-corrected chi connectivity index (χ1v) is 6.94. The highest BCUT2D eigenvalue weighted by Gasteiger charge is 2.13. The molecule has 0 atom stereocenters. The van der Waals surface area contributed by atoms with Gasteiger partial charge in [-0.25, -0.2) is 9.37 Å². The molecule has 1 aliphatic heterocycles. The molecule has 0 bridgehead atoms. The maximum absolute atomic E-state index is 13.0. The molecule has 0 aliphatic carbocycles. The second-order valence-corrected chi connectivity index (χ2v) is 4.91. The summed E-state index contributed by atoms with van der Waals surface area (Å²) < 4.78 is 18.3. The Morgan fingerprint density at radius 2 is 2.25 bits per heavy atom. The van der Waals surface area contributed by atoms with Crippen LogP contribution >= 0.6 is 11.6 Å². The van der Waals surface area contributed by atoms with E-state index in [4.69, 9.17) is 16.3 Å². The van der Waals surface area contributed by atoms with Crippen molar-refractivity contribution in [3.63, 3.8) is 0 Å². The lowest BCUT2D eigenvalue weighted by Crippen LogP contribution is -2.38. The minimum Gasteiger partial charge on any atom is -0.379 e. The van der Waals surface area contributed by atoms with Crippen molar-refractivity contribution in [1.82, 2.24) is 15.2 Å². The molecular formula is C13H17ClFN3O2. The van der Waals surface area contributed by atoms with Crippen LogP contribution in [0.25, 0.3) is 0 Å². The lowest BCUT2D eigenvalue weighted by molar-refractivity contribution is 0.0374. The van der Waals surface area contributed by atoms with E-state index in [9.17, 15) is 9.18 Å². The molecule has 7 heteroatoms. The molecule has 20 heavy (non-hydrogen) atoms. The van der Waals surface area contributed by atoms with Crippen molar-refractivity contribution in [2.24, 2.45) is 0 Å². The van der Waals surface area contributed by atoms with Gasteiger partial charge in [0.15, 0.2) is 0 Å². The van der Waals surface area contributed by atoms with E-state index >= 15 is 0 Å². The van der Waals surface area contributed by atoms with Crippen molar-refractivity contribution in [3.8, 4) is 0 Å². The third-order valence-corrected chi connectivity index (χ3v) is 3.39. The third kappa shape index (κ3) is 4.40. The summed E-state index contributed by atoms with van der Waals surface area (Å²) in [6.07, 6.45) is 1.81. The van der Waals surface area contributed by atoms with Gasteiger partial charge in [-0.15, -0.1) is 0 Å². The third-order valence-electron chi connectivity index (χ3n) is 3.09. The Bertz CT molecular complexity index is 467. The maximum Gasteiger partial charge on any atom is 0.254 e. The van der Waals surface area contributed by atoms with E-state index in [0.717, 1.165) is 51.5 Å². The summed E-state index contributed by atoms with van der Waals surface area (Å²) in [5.41, 5.74) is 0.0676. The summed E-state index contributed by atoms with van der Waals surface area (Å²) in [6.45, 7) is 4.79. The molecule has 1 aromatic rings. The Morgan fingerprint density at radius 1 is 1.50 bits per heavy atom. The summed E-state index contributed by atoms with van der Waals surface area (Å²) in [4.78, 5) is 17.7. The lowest BCUT2D eigenvalue weighted by atomic mass is 10.2. The summed E-state index contributed by atoms with van der Waals surface area (Å²) in [6, 6.07) is 1.09. The van der Waals surface area contributed by atoms with E-state index < -0.39 is 11.7 Å². The molecule has 110 valence electrons. The van der Waals surface area contributed by atoms with Crippen LogP contribution in [0.4, 0.5) is 4.39 Å². The van der Waals surface area contributed by atoms with Crippen LogP contribution in [-0.4, -0.2) is 55.2 Å². The number of ether oxygens (including phenoxy) is 1. The van der Waals surface area contributed by atoms with Crippen molar-refractivity contribution in [2.75, 3.05) is 39.4 Å². The average molecular weight is 302 g/mol. The monoisotopic (exact) mass is 301 g/mol. The second kappa shape index (κ2) is 7.52. The van der Waals surface area contributed by atoms with Crippen LogP contribution in [0.1, 0.15) is 16.8 Å². The highest BCUT2D eigenvalue weighted by Crippen LogP contribution is 2.13. The fourth-order valence-electron chi connectivity index (χ4n) is 2.01. The van der Waals surface area contributed by atoms with Crippen LogP contribution in [0.3, 0.4) is 0 Å². The van der Waals surface area contributed by atoms with Gasteiger partial charge >= 0.3 is 0 Å². The van der Waals surface area contributed by atoms with Crippen molar-refractivity contribution in [3.05, 3.63) is 28.8 Å². The van der Waals surface area contributed by atoms with Crippen LogP contribution in [0.2, 0.25) is 5.15 Å².